The summed E-state index contributed by atoms with van der Waals surface area (Å²) >= 11 is 1.36. The molecule has 0 fully saturated rings. The highest BCUT2D eigenvalue weighted by molar-refractivity contribution is 7.15. The van der Waals surface area contributed by atoms with Gasteiger partial charge in [0.25, 0.3) is 5.91 Å². The lowest BCUT2D eigenvalue weighted by Crippen LogP contribution is -2.12. The molecule has 0 atom stereocenters. The van der Waals surface area contributed by atoms with E-state index in [9.17, 15) is 4.79 Å². The van der Waals surface area contributed by atoms with E-state index >= 15 is 0 Å². The van der Waals surface area contributed by atoms with Crippen LogP contribution in [0.3, 0.4) is 0 Å². The number of nitrogens with zero attached hydrogens (tertiary/aromatic N) is 2. The summed E-state index contributed by atoms with van der Waals surface area (Å²) in [5.41, 5.74) is 2.18. The van der Waals surface area contributed by atoms with Gasteiger partial charge in [-0.1, -0.05) is 36.2 Å². The van der Waals surface area contributed by atoms with Crippen molar-refractivity contribution in [3.63, 3.8) is 0 Å². The number of aromatic nitrogens is 2. The summed E-state index contributed by atoms with van der Waals surface area (Å²) in [5.74, 6) is 5.17. The lowest BCUT2D eigenvalue weighted by Gasteiger charge is -2.04. The van der Waals surface area contributed by atoms with Crippen molar-refractivity contribution in [1.29, 1.82) is 0 Å². The van der Waals surface area contributed by atoms with Gasteiger partial charge < -0.3 is 5.11 Å². The Kier molecular flexibility index (Phi) is 5.04. The molecule has 2 aromatic rings. The van der Waals surface area contributed by atoms with Crippen LogP contribution >= 0.6 is 11.3 Å². The van der Waals surface area contributed by atoms with Crippen LogP contribution in [-0.4, -0.2) is 27.8 Å². The van der Waals surface area contributed by atoms with Gasteiger partial charge in [-0.3, -0.25) is 10.1 Å². The van der Waals surface area contributed by atoms with E-state index in [-0.39, 0.29) is 12.5 Å². The largest absolute Gasteiger partial charge is 0.384 e. The number of aliphatic hydroxyl groups excluding tert-OH is 1. The number of carbonyl (C=O) groups excluding carboxylic acids is 1. The lowest BCUT2D eigenvalue weighted by molar-refractivity contribution is 0.102. The van der Waals surface area contributed by atoms with Crippen LogP contribution in [0.15, 0.2) is 18.2 Å². The first-order chi connectivity index (χ1) is 10.1. The van der Waals surface area contributed by atoms with E-state index in [1.165, 1.54) is 11.3 Å². The number of hydrogen-bond donors (Lipinski definition) is 2. The average Bonchev–Trinajstić information content (AvgIpc) is 2.94. The molecule has 0 aliphatic heterocycles. The molecule has 0 saturated carbocycles. The number of rotatable bonds is 3. The molecule has 2 N–H and O–H groups in total. The zero-order valence-corrected chi connectivity index (χ0v) is 12.6. The molecule has 5 nitrogen and oxygen atoms in total. The zero-order valence-electron chi connectivity index (χ0n) is 11.8. The Morgan fingerprint density at radius 1 is 1.43 bits per heavy atom. The second-order valence-corrected chi connectivity index (χ2v) is 5.36. The van der Waals surface area contributed by atoms with Gasteiger partial charge in [0.2, 0.25) is 5.13 Å². The van der Waals surface area contributed by atoms with Crippen LogP contribution in [-0.2, 0) is 6.42 Å². The van der Waals surface area contributed by atoms with E-state index in [2.05, 4.69) is 27.4 Å². The highest BCUT2D eigenvalue weighted by Gasteiger charge is 2.10. The number of hydrogen-bond acceptors (Lipinski definition) is 5. The lowest BCUT2D eigenvalue weighted by atomic mass is 10.0. The third-order valence-electron chi connectivity index (χ3n) is 2.79. The molecule has 21 heavy (non-hydrogen) atoms. The zero-order chi connectivity index (χ0) is 15.2. The summed E-state index contributed by atoms with van der Waals surface area (Å²) in [4.78, 5) is 12.2. The standard InChI is InChI=1S/C15H15N3O2S/c1-3-13-17-18-15(21-13)16-14(20)12-7-6-10(2)11(9-12)5-4-8-19/h6-7,9,19H,3,8H2,1-2H3,(H,16,18,20). The number of benzene rings is 1. The van der Waals surface area contributed by atoms with E-state index in [0.29, 0.717) is 10.7 Å². The Morgan fingerprint density at radius 3 is 2.90 bits per heavy atom. The van der Waals surface area contributed by atoms with E-state index in [4.69, 9.17) is 5.11 Å². The molecule has 108 valence electrons. The fourth-order valence-electron chi connectivity index (χ4n) is 1.65. The Hall–Kier alpha value is -2.23. The van der Waals surface area contributed by atoms with Gasteiger partial charge in [0, 0.05) is 11.1 Å². The summed E-state index contributed by atoms with van der Waals surface area (Å²) in [6.45, 7) is 3.68. The van der Waals surface area contributed by atoms with Gasteiger partial charge in [-0.15, -0.1) is 10.2 Å². The van der Waals surface area contributed by atoms with Crippen LogP contribution in [0.25, 0.3) is 0 Å². The van der Waals surface area contributed by atoms with Crippen LogP contribution in [0.1, 0.15) is 33.4 Å². The minimum absolute atomic E-state index is 0.208. The van der Waals surface area contributed by atoms with Crippen LogP contribution < -0.4 is 5.32 Å². The highest BCUT2D eigenvalue weighted by atomic mass is 32.1. The molecular formula is C15H15N3O2S. The molecule has 1 amide bonds. The summed E-state index contributed by atoms with van der Waals surface area (Å²) in [6, 6.07) is 5.26. The molecule has 0 saturated heterocycles. The topological polar surface area (TPSA) is 75.1 Å². The Balaban J connectivity index is 2.19. The van der Waals surface area contributed by atoms with Crippen molar-refractivity contribution in [3.05, 3.63) is 39.9 Å². The maximum absolute atomic E-state index is 12.2. The second kappa shape index (κ2) is 6.97. The molecular weight excluding hydrogens is 286 g/mol. The van der Waals surface area contributed by atoms with Gasteiger partial charge in [0.1, 0.15) is 11.6 Å². The Labute approximate surface area is 127 Å². The maximum atomic E-state index is 12.2. The summed E-state index contributed by atoms with van der Waals surface area (Å²) in [6.07, 6.45) is 0.791. The van der Waals surface area contributed by atoms with E-state index in [1.54, 1.807) is 12.1 Å². The van der Waals surface area contributed by atoms with E-state index < -0.39 is 0 Å². The molecule has 0 bridgehead atoms. The second-order valence-electron chi connectivity index (χ2n) is 4.30. The molecule has 0 unspecified atom stereocenters. The predicted octanol–water partition coefficient (Wildman–Crippen LogP) is 2.01. The first kappa shape index (κ1) is 15.2. The SMILES string of the molecule is CCc1nnc(NC(=O)c2ccc(C)c(C#CCO)c2)s1. The highest BCUT2D eigenvalue weighted by Crippen LogP contribution is 2.17. The quantitative estimate of drug-likeness (QED) is 0.850. The minimum Gasteiger partial charge on any atom is -0.384 e. The molecule has 0 radical (unpaired) electrons. The van der Waals surface area contributed by atoms with Crippen molar-refractivity contribution in [1.82, 2.24) is 10.2 Å². The van der Waals surface area contributed by atoms with Gasteiger partial charge in [-0.2, -0.15) is 0 Å². The maximum Gasteiger partial charge on any atom is 0.257 e. The molecule has 6 heteroatoms. The number of aryl methyl sites for hydroxylation is 2. The number of anilines is 1. The normalized spacial score (nSPS) is 9.86. The van der Waals surface area contributed by atoms with E-state index in [1.807, 2.05) is 19.9 Å². The van der Waals surface area contributed by atoms with Crippen molar-refractivity contribution < 1.29 is 9.90 Å². The van der Waals surface area contributed by atoms with Gasteiger partial charge in [0.05, 0.1) is 0 Å². The minimum atomic E-state index is -0.249. The van der Waals surface area contributed by atoms with Crippen molar-refractivity contribution in [3.8, 4) is 11.8 Å². The first-order valence-corrected chi connectivity index (χ1v) is 7.29. The number of amides is 1. The smallest absolute Gasteiger partial charge is 0.257 e. The number of carbonyl (C=O) groups is 1. The molecule has 1 aromatic heterocycles. The molecule has 1 aromatic carbocycles. The third kappa shape index (κ3) is 3.88. The molecule has 1 heterocycles. The Morgan fingerprint density at radius 2 is 2.24 bits per heavy atom. The molecule has 2 rings (SSSR count). The molecule has 0 aliphatic rings. The van der Waals surface area contributed by atoms with Crippen molar-refractivity contribution >= 4 is 22.4 Å². The first-order valence-electron chi connectivity index (χ1n) is 6.48. The monoisotopic (exact) mass is 301 g/mol. The number of aliphatic hydroxyl groups is 1. The summed E-state index contributed by atoms with van der Waals surface area (Å²) < 4.78 is 0. The third-order valence-corrected chi connectivity index (χ3v) is 3.77. The van der Waals surface area contributed by atoms with Gasteiger partial charge in [-0.05, 0) is 31.0 Å². The average molecular weight is 301 g/mol. The molecule has 0 spiro atoms. The van der Waals surface area contributed by atoms with Crippen LogP contribution in [0, 0.1) is 18.8 Å². The van der Waals surface area contributed by atoms with Gasteiger partial charge in [0.15, 0.2) is 0 Å². The van der Waals surface area contributed by atoms with Crippen molar-refractivity contribution in [2.24, 2.45) is 0 Å². The fourth-order valence-corrected chi connectivity index (χ4v) is 2.32. The number of nitrogens with one attached hydrogen (secondary N) is 1. The van der Waals surface area contributed by atoms with Gasteiger partial charge >= 0.3 is 0 Å². The van der Waals surface area contributed by atoms with Crippen molar-refractivity contribution in [2.45, 2.75) is 20.3 Å². The van der Waals surface area contributed by atoms with Crippen molar-refractivity contribution in [2.75, 3.05) is 11.9 Å². The summed E-state index contributed by atoms with van der Waals surface area (Å²) in [7, 11) is 0. The predicted molar refractivity (Wildman–Crippen MR) is 82.4 cm³/mol. The summed E-state index contributed by atoms with van der Waals surface area (Å²) in [5, 5.41) is 20.7. The Bertz CT molecular complexity index is 713. The van der Waals surface area contributed by atoms with Crippen LogP contribution in [0.2, 0.25) is 0 Å². The molecule has 0 aliphatic carbocycles. The van der Waals surface area contributed by atoms with Gasteiger partial charge in [-0.25, -0.2) is 0 Å². The van der Waals surface area contributed by atoms with E-state index in [0.717, 1.165) is 22.6 Å². The van der Waals surface area contributed by atoms with Crippen LogP contribution in [0.4, 0.5) is 5.13 Å². The fraction of sp³-hybridized carbons (Fsp3) is 0.267. The van der Waals surface area contributed by atoms with Crippen LogP contribution in [0.5, 0.6) is 0 Å².